The molecule has 1 aromatic heterocycles. The van der Waals surface area contributed by atoms with Gasteiger partial charge in [0, 0.05) is 12.1 Å². The molecule has 0 bridgehead atoms. The molecule has 2 aromatic carbocycles. The number of hydrogen-bond acceptors (Lipinski definition) is 3. The van der Waals surface area contributed by atoms with Gasteiger partial charge < -0.3 is 4.90 Å². The Balaban J connectivity index is 1.75. The van der Waals surface area contributed by atoms with E-state index in [1.54, 1.807) is 16.6 Å². The number of nitrogens with zero attached hydrogens (tertiary/aromatic N) is 4. The molecule has 0 fully saturated rings. The molecule has 5 nitrogen and oxygen atoms in total. The third-order valence-electron chi connectivity index (χ3n) is 4.03. The second-order valence-corrected chi connectivity index (χ2v) is 5.90. The molecular weight excluding hydrogens is 312 g/mol. The molecule has 1 heterocycles. The summed E-state index contributed by atoms with van der Waals surface area (Å²) in [5.41, 5.74) is 2.68. The molecule has 3 rings (SSSR count). The number of halogens is 1. The van der Waals surface area contributed by atoms with Gasteiger partial charge in [-0.25, -0.2) is 4.68 Å². The molecule has 1 atom stereocenters. The zero-order chi connectivity index (χ0) is 16.4. The lowest BCUT2D eigenvalue weighted by molar-refractivity contribution is -0.132. The second kappa shape index (κ2) is 6.38. The minimum absolute atomic E-state index is 0.0249. The fraction of sp³-hybridized carbons (Fsp3) is 0.235. The number of rotatable bonds is 4. The Morgan fingerprint density at radius 1 is 1.22 bits per heavy atom. The van der Waals surface area contributed by atoms with Gasteiger partial charge in [-0.2, -0.15) is 0 Å². The van der Waals surface area contributed by atoms with Crippen LogP contribution in [0.1, 0.15) is 18.5 Å². The van der Waals surface area contributed by atoms with E-state index in [0.29, 0.717) is 5.02 Å². The van der Waals surface area contributed by atoms with Crippen LogP contribution in [0.25, 0.3) is 11.0 Å². The van der Waals surface area contributed by atoms with Gasteiger partial charge in [0.1, 0.15) is 12.1 Å². The molecule has 1 amide bonds. The van der Waals surface area contributed by atoms with Crippen molar-refractivity contribution in [2.24, 2.45) is 0 Å². The molecule has 0 aliphatic carbocycles. The van der Waals surface area contributed by atoms with E-state index in [0.717, 1.165) is 16.6 Å². The highest BCUT2D eigenvalue weighted by atomic mass is 35.5. The lowest BCUT2D eigenvalue weighted by atomic mass is 10.1. The molecule has 0 radical (unpaired) electrons. The molecule has 0 N–H and O–H groups in total. The summed E-state index contributed by atoms with van der Waals surface area (Å²) in [5.74, 6) is -0.0249. The summed E-state index contributed by atoms with van der Waals surface area (Å²) in [6, 6.07) is 15.1. The van der Waals surface area contributed by atoms with Crippen LogP contribution in [0, 0.1) is 0 Å². The van der Waals surface area contributed by atoms with Crippen molar-refractivity contribution in [2.75, 3.05) is 7.05 Å². The smallest absolute Gasteiger partial charge is 0.244 e. The maximum atomic E-state index is 12.5. The summed E-state index contributed by atoms with van der Waals surface area (Å²) in [6.45, 7) is 2.15. The van der Waals surface area contributed by atoms with Crippen LogP contribution in [-0.2, 0) is 11.3 Å². The van der Waals surface area contributed by atoms with Gasteiger partial charge in [-0.3, -0.25) is 4.79 Å². The number of carbonyl (C=O) groups is 1. The van der Waals surface area contributed by atoms with E-state index >= 15 is 0 Å². The average molecular weight is 329 g/mol. The van der Waals surface area contributed by atoms with Gasteiger partial charge in [-0.1, -0.05) is 41.1 Å². The Hall–Kier alpha value is -2.40. The van der Waals surface area contributed by atoms with Gasteiger partial charge in [-0.15, -0.1) is 5.10 Å². The van der Waals surface area contributed by atoms with Gasteiger partial charge in [-0.05, 0) is 36.8 Å². The van der Waals surface area contributed by atoms with E-state index in [9.17, 15) is 4.79 Å². The Morgan fingerprint density at radius 2 is 1.91 bits per heavy atom. The number of benzene rings is 2. The Bertz CT molecular complexity index is 828. The van der Waals surface area contributed by atoms with E-state index in [4.69, 9.17) is 11.6 Å². The third kappa shape index (κ3) is 3.19. The molecule has 0 aliphatic heterocycles. The van der Waals surface area contributed by atoms with Crippen LogP contribution in [0.5, 0.6) is 0 Å². The maximum absolute atomic E-state index is 12.5. The zero-order valence-corrected chi connectivity index (χ0v) is 13.7. The van der Waals surface area contributed by atoms with Crippen molar-refractivity contribution in [1.29, 1.82) is 0 Å². The zero-order valence-electron chi connectivity index (χ0n) is 13.0. The normalized spacial score (nSPS) is 12.3. The fourth-order valence-corrected chi connectivity index (χ4v) is 2.58. The van der Waals surface area contributed by atoms with E-state index < -0.39 is 0 Å². The molecule has 0 aliphatic rings. The molecule has 6 heteroatoms. The number of para-hydroxylation sites is 1. The quantitative estimate of drug-likeness (QED) is 0.738. The minimum atomic E-state index is -0.0467. The van der Waals surface area contributed by atoms with Gasteiger partial charge in [0.05, 0.1) is 11.6 Å². The van der Waals surface area contributed by atoms with Crippen molar-refractivity contribution in [3.8, 4) is 0 Å². The molecule has 0 saturated carbocycles. The molecule has 0 spiro atoms. The van der Waals surface area contributed by atoms with Gasteiger partial charge >= 0.3 is 0 Å². The van der Waals surface area contributed by atoms with Crippen LogP contribution in [-0.4, -0.2) is 32.8 Å². The topological polar surface area (TPSA) is 51.0 Å². The summed E-state index contributed by atoms with van der Waals surface area (Å²) in [4.78, 5) is 14.3. The first-order valence-corrected chi connectivity index (χ1v) is 7.73. The van der Waals surface area contributed by atoms with E-state index in [1.807, 2.05) is 55.5 Å². The molecule has 3 aromatic rings. The molecular formula is C17H17ClN4O. The number of amides is 1. The van der Waals surface area contributed by atoms with Crippen molar-refractivity contribution in [3.63, 3.8) is 0 Å². The molecule has 1 unspecified atom stereocenters. The van der Waals surface area contributed by atoms with Crippen LogP contribution < -0.4 is 0 Å². The third-order valence-corrected chi connectivity index (χ3v) is 4.28. The predicted octanol–water partition coefficient (Wildman–Crippen LogP) is 3.30. The summed E-state index contributed by atoms with van der Waals surface area (Å²) in [5, 5.41) is 8.82. The summed E-state index contributed by atoms with van der Waals surface area (Å²) < 4.78 is 1.63. The first-order valence-electron chi connectivity index (χ1n) is 7.35. The monoisotopic (exact) mass is 328 g/mol. The van der Waals surface area contributed by atoms with Crippen molar-refractivity contribution >= 4 is 28.5 Å². The summed E-state index contributed by atoms with van der Waals surface area (Å²) in [7, 11) is 1.79. The Morgan fingerprint density at radius 3 is 2.65 bits per heavy atom. The highest BCUT2D eigenvalue weighted by Crippen LogP contribution is 2.21. The number of hydrogen-bond donors (Lipinski definition) is 0. The molecule has 0 saturated heterocycles. The highest BCUT2D eigenvalue weighted by molar-refractivity contribution is 6.30. The number of likely N-dealkylation sites (N-methyl/N-ethyl adjacent to an activating group) is 1. The van der Waals surface area contributed by atoms with Crippen LogP contribution in [0.3, 0.4) is 0 Å². The standard InChI is InChI=1S/C17H17ClN4O/c1-12(13-7-9-14(18)10-8-13)21(2)17(23)11-22-16-6-4-3-5-15(16)19-20-22/h3-10,12H,11H2,1-2H3. The minimum Gasteiger partial charge on any atom is -0.337 e. The average Bonchev–Trinajstić information content (AvgIpc) is 2.97. The van der Waals surface area contributed by atoms with Crippen LogP contribution >= 0.6 is 11.6 Å². The van der Waals surface area contributed by atoms with Crippen molar-refractivity contribution in [1.82, 2.24) is 19.9 Å². The Labute approximate surface area is 139 Å². The molecule has 23 heavy (non-hydrogen) atoms. The number of carbonyl (C=O) groups excluding carboxylic acids is 1. The van der Waals surface area contributed by atoms with E-state index in [1.165, 1.54) is 0 Å². The second-order valence-electron chi connectivity index (χ2n) is 5.47. The largest absolute Gasteiger partial charge is 0.337 e. The number of fused-ring (bicyclic) bond motifs is 1. The lowest BCUT2D eigenvalue weighted by Gasteiger charge is -2.25. The van der Waals surface area contributed by atoms with Gasteiger partial charge in [0.15, 0.2) is 0 Å². The van der Waals surface area contributed by atoms with E-state index in [-0.39, 0.29) is 18.5 Å². The van der Waals surface area contributed by atoms with Crippen LogP contribution in [0.15, 0.2) is 48.5 Å². The van der Waals surface area contributed by atoms with Gasteiger partial charge in [0.25, 0.3) is 0 Å². The van der Waals surface area contributed by atoms with E-state index in [2.05, 4.69) is 10.3 Å². The summed E-state index contributed by atoms with van der Waals surface area (Å²) in [6.07, 6.45) is 0. The first kappa shape index (κ1) is 15.5. The summed E-state index contributed by atoms with van der Waals surface area (Å²) >= 11 is 5.91. The van der Waals surface area contributed by atoms with Crippen LogP contribution in [0.4, 0.5) is 0 Å². The van der Waals surface area contributed by atoms with Crippen LogP contribution in [0.2, 0.25) is 5.02 Å². The van der Waals surface area contributed by atoms with Crippen molar-refractivity contribution in [3.05, 3.63) is 59.1 Å². The predicted molar refractivity (Wildman–Crippen MR) is 90.2 cm³/mol. The van der Waals surface area contributed by atoms with Crippen molar-refractivity contribution < 1.29 is 4.79 Å². The SMILES string of the molecule is CC(c1ccc(Cl)cc1)N(C)C(=O)Cn1nnc2ccccc21. The number of aromatic nitrogens is 3. The fourth-order valence-electron chi connectivity index (χ4n) is 2.45. The maximum Gasteiger partial charge on any atom is 0.244 e. The lowest BCUT2D eigenvalue weighted by Crippen LogP contribution is -2.32. The molecule has 118 valence electrons. The first-order chi connectivity index (χ1) is 11.1. The highest BCUT2D eigenvalue weighted by Gasteiger charge is 2.19. The van der Waals surface area contributed by atoms with Gasteiger partial charge in [0.2, 0.25) is 5.91 Å². The Kier molecular flexibility index (Phi) is 4.30. The van der Waals surface area contributed by atoms with Crippen molar-refractivity contribution in [2.45, 2.75) is 19.5 Å².